The van der Waals surface area contributed by atoms with Gasteiger partial charge in [-0.2, -0.15) is 0 Å². The van der Waals surface area contributed by atoms with Crippen molar-refractivity contribution in [2.45, 2.75) is 38.5 Å². The zero-order valence-electron chi connectivity index (χ0n) is 6.44. The Morgan fingerprint density at radius 3 is 2.50 bits per heavy atom. The van der Waals surface area contributed by atoms with Gasteiger partial charge in [-0.15, -0.1) is 0 Å². The Morgan fingerprint density at radius 2 is 2.00 bits per heavy atom. The molecule has 1 heterocycles. The standard InChI is InChI=1S/C9H15O/c1-2-7-10-9(6-1)8-4-3-5-8/h8H,1-7H2. The van der Waals surface area contributed by atoms with Crippen LogP contribution in [0, 0.1) is 12.0 Å². The van der Waals surface area contributed by atoms with Crippen LogP contribution in [0.1, 0.15) is 38.5 Å². The molecular weight excluding hydrogens is 124 g/mol. The van der Waals surface area contributed by atoms with Gasteiger partial charge >= 0.3 is 0 Å². The molecule has 0 unspecified atom stereocenters. The van der Waals surface area contributed by atoms with Crippen LogP contribution in [-0.4, -0.2) is 6.61 Å². The van der Waals surface area contributed by atoms with Crippen molar-refractivity contribution in [3.8, 4) is 0 Å². The van der Waals surface area contributed by atoms with Gasteiger partial charge in [0.2, 0.25) is 0 Å². The summed E-state index contributed by atoms with van der Waals surface area (Å²) in [4.78, 5) is 0. The summed E-state index contributed by atoms with van der Waals surface area (Å²) in [5.41, 5.74) is 0. The summed E-state index contributed by atoms with van der Waals surface area (Å²) in [6.07, 6.45) is 9.55. The molecule has 1 saturated carbocycles. The molecule has 1 aliphatic carbocycles. The van der Waals surface area contributed by atoms with Crippen LogP contribution in [0.4, 0.5) is 0 Å². The van der Waals surface area contributed by atoms with Crippen molar-refractivity contribution in [1.82, 2.24) is 0 Å². The maximum Gasteiger partial charge on any atom is 0.100 e. The van der Waals surface area contributed by atoms with Crippen molar-refractivity contribution in [3.63, 3.8) is 0 Å². The molecule has 0 atom stereocenters. The van der Waals surface area contributed by atoms with E-state index >= 15 is 0 Å². The van der Waals surface area contributed by atoms with Crippen LogP contribution in [0.15, 0.2) is 0 Å². The fraction of sp³-hybridized carbons (Fsp3) is 0.889. The van der Waals surface area contributed by atoms with E-state index in [9.17, 15) is 0 Å². The van der Waals surface area contributed by atoms with Gasteiger partial charge in [0.15, 0.2) is 0 Å². The molecule has 0 aromatic rings. The van der Waals surface area contributed by atoms with Crippen molar-refractivity contribution in [1.29, 1.82) is 0 Å². The fourth-order valence-corrected chi connectivity index (χ4v) is 1.73. The third-order valence-corrected chi connectivity index (χ3v) is 2.67. The van der Waals surface area contributed by atoms with Gasteiger partial charge in [0.1, 0.15) is 6.10 Å². The van der Waals surface area contributed by atoms with Crippen LogP contribution in [0.25, 0.3) is 0 Å². The molecule has 1 saturated heterocycles. The van der Waals surface area contributed by atoms with Gasteiger partial charge < -0.3 is 4.74 Å². The molecule has 1 nitrogen and oxygen atoms in total. The Hall–Kier alpha value is -0.0400. The average molecular weight is 139 g/mol. The minimum Gasteiger partial charge on any atom is -0.372 e. The van der Waals surface area contributed by atoms with Gasteiger partial charge in [-0.3, -0.25) is 0 Å². The highest BCUT2D eigenvalue weighted by Gasteiger charge is 2.29. The van der Waals surface area contributed by atoms with Crippen LogP contribution < -0.4 is 0 Å². The molecule has 0 spiro atoms. The fourth-order valence-electron chi connectivity index (χ4n) is 1.73. The van der Waals surface area contributed by atoms with Crippen LogP contribution >= 0.6 is 0 Å². The Labute approximate surface area is 62.8 Å². The smallest absolute Gasteiger partial charge is 0.100 e. The molecule has 1 radical (unpaired) electrons. The highest BCUT2D eigenvalue weighted by molar-refractivity contribution is 4.93. The molecule has 0 bridgehead atoms. The van der Waals surface area contributed by atoms with Crippen LogP contribution in [0.5, 0.6) is 0 Å². The third-order valence-electron chi connectivity index (χ3n) is 2.67. The highest BCUT2D eigenvalue weighted by atomic mass is 16.5. The highest BCUT2D eigenvalue weighted by Crippen LogP contribution is 2.39. The van der Waals surface area contributed by atoms with E-state index in [0.717, 1.165) is 12.5 Å². The molecule has 0 aromatic heterocycles. The van der Waals surface area contributed by atoms with Crippen LogP contribution in [0.2, 0.25) is 0 Å². The molecule has 2 aliphatic rings. The van der Waals surface area contributed by atoms with Crippen LogP contribution in [-0.2, 0) is 4.74 Å². The summed E-state index contributed by atoms with van der Waals surface area (Å²) >= 11 is 0. The summed E-state index contributed by atoms with van der Waals surface area (Å²) in [6.45, 7) is 0.992. The average Bonchev–Trinajstić information content (AvgIpc) is 1.86. The molecule has 0 aromatic carbocycles. The first kappa shape index (κ1) is 6.66. The number of ether oxygens (including phenoxy) is 1. The van der Waals surface area contributed by atoms with Crippen molar-refractivity contribution in [3.05, 3.63) is 6.10 Å². The molecule has 0 amide bonds. The van der Waals surface area contributed by atoms with Crippen molar-refractivity contribution in [2.24, 2.45) is 5.92 Å². The number of hydrogen-bond donors (Lipinski definition) is 0. The van der Waals surface area contributed by atoms with E-state index in [2.05, 4.69) is 0 Å². The quantitative estimate of drug-likeness (QED) is 0.542. The summed E-state index contributed by atoms with van der Waals surface area (Å²) in [7, 11) is 0. The van der Waals surface area contributed by atoms with Gasteiger partial charge in [-0.1, -0.05) is 6.42 Å². The summed E-state index contributed by atoms with van der Waals surface area (Å²) in [5.74, 6) is 0.861. The van der Waals surface area contributed by atoms with Gasteiger partial charge in [0, 0.05) is 6.61 Å². The summed E-state index contributed by atoms with van der Waals surface area (Å²) < 4.78 is 5.60. The third kappa shape index (κ3) is 1.20. The first-order valence-corrected chi connectivity index (χ1v) is 4.45. The van der Waals surface area contributed by atoms with E-state index in [1.807, 2.05) is 0 Å². The zero-order chi connectivity index (χ0) is 6.81. The second-order valence-corrected chi connectivity index (χ2v) is 3.40. The first-order valence-electron chi connectivity index (χ1n) is 4.45. The first-order chi connectivity index (χ1) is 4.97. The molecule has 1 heteroatoms. The van der Waals surface area contributed by atoms with E-state index in [1.54, 1.807) is 0 Å². The monoisotopic (exact) mass is 139 g/mol. The Balaban J connectivity index is 1.78. The molecule has 0 N–H and O–H groups in total. The predicted octanol–water partition coefficient (Wildman–Crippen LogP) is 2.52. The topological polar surface area (TPSA) is 9.23 Å². The second kappa shape index (κ2) is 2.91. The van der Waals surface area contributed by atoms with Gasteiger partial charge in [-0.25, -0.2) is 0 Å². The molecule has 10 heavy (non-hydrogen) atoms. The SMILES string of the molecule is C1CC[C](C2CCC2)OC1. The molecule has 57 valence electrons. The van der Waals surface area contributed by atoms with E-state index in [-0.39, 0.29) is 0 Å². The number of rotatable bonds is 1. The predicted molar refractivity (Wildman–Crippen MR) is 40.4 cm³/mol. The Bertz CT molecular complexity index is 101. The Kier molecular flexibility index (Phi) is 1.94. The lowest BCUT2D eigenvalue weighted by Crippen LogP contribution is -2.25. The second-order valence-electron chi connectivity index (χ2n) is 3.40. The minimum absolute atomic E-state index is 0.861. The van der Waals surface area contributed by atoms with Gasteiger partial charge in [0.05, 0.1) is 0 Å². The lowest BCUT2D eigenvalue weighted by atomic mass is 9.79. The molecular formula is C9H15O. The normalized spacial score (nSPS) is 30.0. The van der Waals surface area contributed by atoms with E-state index < -0.39 is 0 Å². The lowest BCUT2D eigenvalue weighted by molar-refractivity contribution is 0.0411. The van der Waals surface area contributed by atoms with Gasteiger partial charge in [0.25, 0.3) is 0 Å². The molecule has 2 fully saturated rings. The molecule has 2 rings (SSSR count). The van der Waals surface area contributed by atoms with Crippen molar-refractivity contribution in [2.75, 3.05) is 6.61 Å². The van der Waals surface area contributed by atoms with E-state index in [1.165, 1.54) is 44.6 Å². The largest absolute Gasteiger partial charge is 0.372 e. The van der Waals surface area contributed by atoms with E-state index in [4.69, 9.17) is 4.74 Å². The zero-order valence-corrected chi connectivity index (χ0v) is 6.44. The van der Waals surface area contributed by atoms with Crippen molar-refractivity contribution < 1.29 is 4.74 Å². The van der Waals surface area contributed by atoms with E-state index in [0.29, 0.717) is 0 Å². The maximum absolute atomic E-state index is 5.60. The maximum atomic E-state index is 5.60. The summed E-state index contributed by atoms with van der Waals surface area (Å²) in [6, 6.07) is 0. The number of hydrogen-bond acceptors (Lipinski definition) is 1. The van der Waals surface area contributed by atoms with Crippen molar-refractivity contribution >= 4 is 0 Å². The lowest BCUT2D eigenvalue weighted by Gasteiger charge is -2.34. The van der Waals surface area contributed by atoms with Gasteiger partial charge in [-0.05, 0) is 38.0 Å². The molecule has 1 aliphatic heterocycles. The summed E-state index contributed by atoms with van der Waals surface area (Å²) in [5, 5.41) is 0. The Morgan fingerprint density at radius 1 is 1.10 bits per heavy atom. The van der Waals surface area contributed by atoms with Crippen LogP contribution in [0.3, 0.4) is 0 Å². The minimum atomic E-state index is 0.861.